The minimum Gasteiger partial charge on any atom is -0.476 e. The highest BCUT2D eigenvalue weighted by Crippen LogP contribution is 2.39. The summed E-state index contributed by atoms with van der Waals surface area (Å²) in [6.07, 6.45) is 7.43. The molecule has 2 aromatic heterocycles. The van der Waals surface area contributed by atoms with Gasteiger partial charge in [0.15, 0.2) is 11.5 Å². The van der Waals surface area contributed by atoms with E-state index in [9.17, 15) is 18.8 Å². The summed E-state index contributed by atoms with van der Waals surface area (Å²) in [5.41, 5.74) is 7.43. The van der Waals surface area contributed by atoms with Crippen molar-refractivity contribution >= 4 is 28.7 Å². The molecule has 1 atom stereocenters. The van der Waals surface area contributed by atoms with Gasteiger partial charge in [-0.1, -0.05) is 24.3 Å². The smallest absolute Gasteiger partial charge is 0.355 e. The quantitative estimate of drug-likeness (QED) is 0.144. The molecule has 45 heavy (non-hydrogen) atoms. The number of carbonyl (C=O) groups is 1. The summed E-state index contributed by atoms with van der Waals surface area (Å²) in [6.45, 7) is 0. The van der Waals surface area contributed by atoms with E-state index < -0.39 is 23.1 Å². The molecule has 230 valence electrons. The van der Waals surface area contributed by atoms with E-state index in [1.807, 2.05) is 12.1 Å². The van der Waals surface area contributed by atoms with Gasteiger partial charge in [0, 0.05) is 34.6 Å². The van der Waals surface area contributed by atoms with Crippen LogP contribution in [0.3, 0.4) is 0 Å². The van der Waals surface area contributed by atoms with Crippen molar-refractivity contribution in [2.75, 3.05) is 0 Å². The van der Waals surface area contributed by atoms with Crippen molar-refractivity contribution in [1.82, 2.24) is 14.8 Å². The van der Waals surface area contributed by atoms with Crippen LogP contribution in [0.1, 0.15) is 64.1 Å². The number of carboxylic acid groups (broad SMARTS) is 1. The van der Waals surface area contributed by atoms with Crippen molar-refractivity contribution in [3.8, 4) is 27.5 Å². The van der Waals surface area contributed by atoms with E-state index in [-0.39, 0.29) is 16.4 Å². The number of hydrogen-bond donors (Lipinski definition) is 3. The Hall–Kier alpha value is -3.90. The minimum atomic E-state index is -1.71. The first-order chi connectivity index (χ1) is 21.7. The summed E-state index contributed by atoms with van der Waals surface area (Å²) in [5, 5.41) is 22.0. The maximum atomic E-state index is 15.4. The van der Waals surface area contributed by atoms with E-state index in [0.29, 0.717) is 46.3 Å². The van der Waals surface area contributed by atoms with Crippen LogP contribution in [0.5, 0.6) is 0 Å². The number of rotatable bonds is 9. The molecule has 0 aliphatic heterocycles. The van der Waals surface area contributed by atoms with Crippen LogP contribution in [0, 0.1) is 17.6 Å². The largest absolute Gasteiger partial charge is 0.476 e. The molecule has 7 nitrogen and oxygen atoms in total. The van der Waals surface area contributed by atoms with Gasteiger partial charge in [-0.15, -0.1) is 16.5 Å². The molecule has 1 unspecified atom stereocenters. The highest BCUT2D eigenvalue weighted by molar-refractivity contribution is 7.89. The molecule has 2 aliphatic rings. The molecule has 1 fully saturated rings. The summed E-state index contributed by atoms with van der Waals surface area (Å²) >= 11 is -0.525. The van der Waals surface area contributed by atoms with Gasteiger partial charge in [0.05, 0.1) is 11.4 Å². The molecule has 3 aromatic carbocycles. The summed E-state index contributed by atoms with van der Waals surface area (Å²) in [7, 11) is 0. The third kappa shape index (κ3) is 6.05. The van der Waals surface area contributed by atoms with Gasteiger partial charge in [-0.05, 0) is 97.4 Å². The molecule has 0 amide bonds. The van der Waals surface area contributed by atoms with E-state index >= 15 is 4.39 Å². The monoisotopic (exact) mass is 645 g/mol. The first-order valence-corrected chi connectivity index (χ1v) is 17.1. The number of aryl methyl sites for hydroxylation is 2. The van der Waals surface area contributed by atoms with Gasteiger partial charge in [-0.2, -0.15) is 9.65 Å². The Morgan fingerprint density at radius 3 is 2.49 bits per heavy atom. The maximum absolute atomic E-state index is 15.4. The van der Waals surface area contributed by atoms with Gasteiger partial charge in [0.1, 0.15) is 5.82 Å². The molecule has 2 aliphatic carbocycles. The second kappa shape index (κ2) is 12.1. The Bertz CT molecular complexity index is 1930. The summed E-state index contributed by atoms with van der Waals surface area (Å²) in [6, 6.07) is 15.7. The van der Waals surface area contributed by atoms with Gasteiger partial charge in [0.25, 0.3) is 11.4 Å². The average molecular weight is 646 g/mol. The van der Waals surface area contributed by atoms with Gasteiger partial charge in [-0.3, -0.25) is 0 Å². The van der Waals surface area contributed by atoms with Crippen LogP contribution >= 0.6 is 11.3 Å². The van der Waals surface area contributed by atoms with Gasteiger partial charge in [-0.25, -0.2) is 23.2 Å². The van der Waals surface area contributed by atoms with Gasteiger partial charge in [0.2, 0.25) is 10.0 Å². The van der Waals surface area contributed by atoms with Crippen molar-refractivity contribution in [3.63, 3.8) is 0 Å². The first-order valence-electron chi connectivity index (χ1n) is 14.9. The summed E-state index contributed by atoms with van der Waals surface area (Å²) in [5.74, 6) is -1.61. The number of aromatic carboxylic acids is 1. The van der Waals surface area contributed by atoms with Crippen LogP contribution in [0.25, 0.3) is 27.5 Å². The number of hydrogen-bond acceptors (Lipinski definition) is 6. The first kappa shape index (κ1) is 29.8. The lowest BCUT2D eigenvalue weighted by molar-refractivity contribution is 0.0691. The standard InChI is InChI=1S/C34H30F2N4O3S2/c35-27-11-10-24(17-25(27)23-9-8-21-3-1-2-4-22(21)16-23)32-26(13-20-7-12-31(45(37)43)28(36)14-20)30(15-19-5-6-19)40(39-32)34-38-29(18-44-34)33(41)42/h7-12,14,16-19,43H,1-6,13,15,37H2/p+1. The number of thiazole rings is 1. The summed E-state index contributed by atoms with van der Waals surface area (Å²) < 4.78 is 41.9. The van der Waals surface area contributed by atoms with E-state index in [1.165, 1.54) is 46.0 Å². The number of carboxylic acids is 1. The Labute approximate surface area is 266 Å². The van der Waals surface area contributed by atoms with Crippen LogP contribution in [-0.2, 0) is 37.0 Å². The zero-order valence-corrected chi connectivity index (χ0v) is 25.9. The van der Waals surface area contributed by atoms with Crippen LogP contribution in [0.15, 0.2) is 64.9 Å². The lowest BCUT2D eigenvalue weighted by Crippen LogP contribution is -2.13. The lowest BCUT2D eigenvalue weighted by Gasteiger charge is -2.17. The summed E-state index contributed by atoms with van der Waals surface area (Å²) in [4.78, 5) is 16.1. The van der Waals surface area contributed by atoms with Crippen LogP contribution < -0.4 is 5.14 Å². The fraction of sp³-hybridized carbons (Fsp3) is 0.265. The Balaban J connectivity index is 1.38. The van der Waals surface area contributed by atoms with Crippen molar-refractivity contribution < 1.29 is 23.2 Å². The Kier molecular flexibility index (Phi) is 8.03. The zero-order valence-electron chi connectivity index (χ0n) is 24.3. The Morgan fingerprint density at radius 2 is 1.78 bits per heavy atom. The molecule has 1 saturated carbocycles. The van der Waals surface area contributed by atoms with E-state index in [2.05, 4.69) is 17.1 Å². The molecular weight excluding hydrogens is 615 g/mol. The third-order valence-electron chi connectivity index (χ3n) is 8.66. The molecule has 5 aromatic rings. The third-order valence-corrected chi connectivity index (χ3v) is 10.3. The molecule has 2 heterocycles. The number of fused-ring (bicyclic) bond motifs is 1. The Morgan fingerprint density at radius 1 is 1.00 bits per heavy atom. The molecule has 0 radical (unpaired) electrons. The number of nitrogens with two attached hydrogens (primary N) is 1. The van der Waals surface area contributed by atoms with Crippen molar-refractivity contribution in [2.24, 2.45) is 11.1 Å². The predicted molar refractivity (Wildman–Crippen MR) is 172 cm³/mol. The highest BCUT2D eigenvalue weighted by Gasteiger charge is 2.30. The van der Waals surface area contributed by atoms with Crippen LogP contribution in [0.4, 0.5) is 8.78 Å². The van der Waals surface area contributed by atoms with Gasteiger partial charge < -0.3 is 5.11 Å². The van der Waals surface area contributed by atoms with E-state index in [0.717, 1.165) is 55.3 Å². The second-order valence-corrected chi connectivity index (χ2v) is 13.7. The minimum absolute atomic E-state index is 0.0325. The SMILES string of the molecule is N[S+](O)c1ccc(Cc2c(-c3ccc(F)c(-c4ccc5c(c4)CCCC5)c3)nn(-c3nc(C(=O)O)cs3)c2CC2CC2)cc1F. The van der Waals surface area contributed by atoms with Crippen molar-refractivity contribution in [2.45, 2.75) is 56.3 Å². The number of nitrogens with zero attached hydrogens (tertiary/aromatic N) is 3. The average Bonchev–Trinajstić information content (AvgIpc) is 3.59. The molecule has 7 rings (SSSR count). The molecular formula is C34H31F2N4O3S2+. The predicted octanol–water partition coefficient (Wildman–Crippen LogP) is 7.39. The van der Waals surface area contributed by atoms with Crippen molar-refractivity contribution in [1.29, 1.82) is 0 Å². The molecule has 0 bridgehead atoms. The van der Waals surface area contributed by atoms with E-state index in [1.54, 1.807) is 16.8 Å². The normalized spacial score (nSPS) is 15.2. The fourth-order valence-electron chi connectivity index (χ4n) is 6.15. The van der Waals surface area contributed by atoms with Gasteiger partial charge >= 0.3 is 5.97 Å². The fourth-order valence-corrected chi connectivity index (χ4v) is 7.39. The highest BCUT2D eigenvalue weighted by atomic mass is 32.2. The topological polar surface area (TPSA) is 114 Å². The maximum Gasteiger partial charge on any atom is 0.355 e. The molecule has 11 heteroatoms. The number of halogens is 2. The number of benzene rings is 3. The van der Waals surface area contributed by atoms with Crippen LogP contribution in [-0.4, -0.2) is 30.4 Å². The lowest BCUT2D eigenvalue weighted by atomic mass is 9.88. The van der Waals surface area contributed by atoms with Crippen LogP contribution in [0.2, 0.25) is 0 Å². The molecule has 0 saturated heterocycles. The zero-order chi connectivity index (χ0) is 31.2. The molecule has 4 N–H and O–H groups in total. The van der Waals surface area contributed by atoms with E-state index in [4.69, 9.17) is 10.2 Å². The number of aromatic nitrogens is 3. The second-order valence-electron chi connectivity index (χ2n) is 11.8. The molecule has 0 spiro atoms. The van der Waals surface area contributed by atoms with Crippen molar-refractivity contribution in [3.05, 3.63) is 105 Å².